The Hall–Kier alpha value is -1.31. The zero-order valence-electron chi connectivity index (χ0n) is 9.69. The summed E-state index contributed by atoms with van der Waals surface area (Å²) in [6.07, 6.45) is 12.4. The second-order valence-electron chi connectivity index (χ2n) is 4.66. The van der Waals surface area contributed by atoms with E-state index >= 15 is 0 Å². The lowest BCUT2D eigenvalue weighted by atomic mass is 9.96. The molecule has 1 aliphatic carbocycles. The van der Waals surface area contributed by atoms with Gasteiger partial charge >= 0.3 is 0 Å². The van der Waals surface area contributed by atoms with Crippen LogP contribution in [0.25, 0.3) is 0 Å². The monoisotopic (exact) mass is 217 g/mol. The summed E-state index contributed by atoms with van der Waals surface area (Å²) in [5.74, 6) is 0.870. The van der Waals surface area contributed by atoms with Gasteiger partial charge in [0.05, 0.1) is 0 Å². The third-order valence-electron chi connectivity index (χ3n) is 3.33. The van der Waals surface area contributed by atoms with Gasteiger partial charge in [0.25, 0.3) is 0 Å². The first kappa shape index (κ1) is 11.2. The van der Waals surface area contributed by atoms with E-state index < -0.39 is 0 Å². The molecule has 2 nitrogen and oxygen atoms in total. The Morgan fingerprint density at radius 2 is 2.31 bits per heavy atom. The lowest BCUT2D eigenvalue weighted by Crippen LogP contribution is -2.37. The first-order chi connectivity index (χ1) is 7.75. The molecule has 2 heteroatoms. The normalized spacial score (nSPS) is 25.2. The third kappa shape index (κ3) is 2.84. The second-order valence-corrected chi connectivity index (χ2v) is 4.66. The van der Waals surface area contributed by atoms with Gasteiger partial charge in [-0.3, -0.25) is 4.79 Å². The smallest absolute Gasteiger partial charge is 0.226 e. The number of hydrogen-bond donors (Lipinski definition) is 0. The molecule has 2 rings (SSSR count). The standard InChI is InChI=1S/C14H19NO/c1-12-7-9-15(14(16)11-12)10-8-13-5-3-2-4-6-13/h2-5,13H,1,6-11H2. The molecule has 1 fully saturated rings. The maximum atomic E-state index is 11.7. The van der Waals surface area contributed by atoms with Crippen molar-refractivity contribution in [1.29, 1.82) is 0 Å². The average molecular weight is 217 g/mol. The van der Waals surface area contributed by atoms with Gasteiger partial charge in [-0.15, -0.1) is 0 Å². The van der Waals surface area contributed by atoms with E-state index in [2.05, 4.69) is 30.9 Å². The van der Waals surface area contributed by atoms with E-state index in [0.29, 0.717) is 12.3 Å². The van der Waals surface area contributed by atoms with Crippen LogP contribution in [0, 0.1) is 5.92 Å². The van der Waals surface area contributed by atoms with Crippen LogP contribution in [-0.2, 0) is 4.79 Å². The molecule has 0 aromatic carbocycles. The predicted molar refractivity (Wildman–Crippen MR) is 66.0 cm³/mol. The van der Waals surface area contributed by atoms with Gasteiger partial charge in [-0.1, -0.05) is 36.5 Å². The van der Waals surface area contributed by atoms with E-state index in [9.17, 15) is 4.79 Å². The van der Waals surface area contributed by atoms with Crippen molar-refractivity contribution in [2.45, 2.75) is 25.7 Å². The van der Waals surface area contributed by atoms with Crippen LogP contribution in [0.1, 0.15) is 25.7 Å². The van der Waals surface area contributed by atoms with E-state index in [-0.39, 0.29) is 5.91 Å². The highest BCUT2D eigenvalue weighted by Crippen LogP contribution is 2.19. The Morgan fingerprint density at radius 1 is 1.44 bits per heavy atom. The third-order valence-corrected chi connectivity index (χ3v) is 3.33. The van der Waals surface area contributed by atoms with Crippen molar-refractivity contribution in [3.63, 3.8) is 0 Å². The van der Waals surface area contributed by atoms with Crippen LogP contribution in [0.5, 0.6) is 0 Å². The summed E-state index contributed by atoms with van der Waals surface area (Å²) in [6, 6.07) is 0. The van der Waals surface area contributed by atoms with Crippen molar-refractivity contribution in [3.8, 4) is 0 Å². The van der Waals surface area contributed by atoms with Gasteiger partial charge in [-0.2, -0.15) is 0 Å². The van der Waals surface area contributed by atoms with Crippen LogP contribution in [0.15, 0.2) is 36.5 Å². The lowest BCUT2D eigenvalue weighted by Gasteiger charge is -2.29. The molecular formula is C14H19NO. The molecule has 0 aromatic heterocycles. The van der Waals surface area contributed by atoms with Crippen LogP contribution < -0.4 is 0 Å². The number of hydrogen-bond acceptors (Lipinski definition) is 1. The van der Waals surface area contributed by atoms with Crippen molar-refractivity contribution in [3.05, 3.63) is 36.5 Å². The van der Waals surface area contributed by atoms with Gasteiger partial charge in [0.2, 0.25) is 5.91 Å². The molecule has 0 aromatic rings. The number of nitrogens with zero attached hydrogens (tertiary/aromatic N) is 1. The molecule has 1 amide bonds. The van der Waals surface area contributed by atoms with Gasteiger partial charge in [0.15, 0.2) is 0 Å². The number of allylic oxidation sites excluding steroid dienone is 4. The quantitative estimate of drug-likeness (QED) is 0.666. The summed E-state index contributed by atoms with van der Waals surface area (Å²) >= 11 is 0. The lowest BCUT2D eigenvalue weighted by molar-refractivity contribution is -0.131. The molecular weight excluding hydrogens is 198 g/mol. The Labute approximate surface area is 97.3 Å². The molecule has 1 aliphatic heterocycles. The van der Waals surface area contributed by atoms with E-state index in [1.54, 1.807) is 0 Å². The number of likely N-dealkylation sites (tertiary alicyclic amines) is 1. The summed E-state index contributed by atoms with van der Waals surface area (Å²) in [7, 11) is 0. The SMILES string of the molecule is C=C1CCN(CCC2C=CC=CC2)C(=O)C1. The zero-order valence-corrected chi connectivity index (χ0v) is 9.69. The minimum Gasteiger partial charge on any atom is -0.342 e. The molecule has 0 bridgehead atoms. The van der Waals surface area contributed by atoms with E-state index in [1.165, 1.54) is 0 Å². The molecule has 1 atom stereocenters. The summed E-state index contributed by atoms with van der Waals surface area (Å²) in [5, 5.41) is 0. The topological polar surface area (TPSA) is 20.3 Å². The highest BCUT2D eigenvalue weighted by atomic mass is 16.2. The molecule has 16 heavy (non-hydrogen) atoms. The Balaban J connectivity index is 1.77. The number of rotatable bonds is 3. The summed E-state index contributed by atoms with van der Waals surface area (Å²) < 4.78 is 0. The van der Waals surface area contributed by atoms with Gasteiger partial charge in [0.1, 0.15) is 0 Å². The predicted octanol–water partition coefficient (Wildman–Crippen LogP) is 2.69. The van der Waals surface area contributed by atoms with Crippen LogP contribution >= 0.6 is 0 Å². The van der Waals surface area contributed by atoms with Crippen LogP contribution in [0.4, 0.5) is 0 Å². The van der Waals surface area contributed by atoms with Crippen LogP contribution in [0.3, 0.4) is 0 Å². The fourth-order valence-corrected chi connectivity index (χ4v) is 2.24. The molecule has 2 aliphatic rings. The van der Waals surface area contributed by atoms with Crippen molar-refractivity contribution < 1.29 is 4.79 Å². The van der Waals surface area contributed by atoms with Crippen LogP contribution in [-0.4, -0.2) is 23.9 Å². The first-order valence-electron chi connectivity index (χ1n) is 6.03. The number of carbonyl (C=O) groups excluding carboxylic acids is 1. The number of carbonyl (C=O) groups is 1. The van der Waals surface area contributed by atoms with Gasteiger partial charge < -0.3 is 4.90 Å². The minimum atomic E-state index is 0.256. The van der Waals surface area contributed by atoms with Crippen molar-refractivity contribution in [2.24, 2.45) is 5.92 Å². The summed E-state index contributed by atoms with van der Waals surface area (Å²) in [6.45, 7) is 5.64. The summed E-state index contributed by atoms with van der Waals surface area (Å²) in [5.41, 5.74) is 1.08. The maximum Gasteiger partial charge on any atom is 0.226 e. The van der Waals surface area contributed by atoms with Crippen molar-refractivity contribution in [1.82, 2.24) is 4.90 Å². The Kier molecular flexibility index (Phi) is 3.60. The van der Waals surface area contributed by atoms with Crippen molar-refractivity contribution >= 4 is 5.91 Å². The molecule has 1 heterocycles. The van der Waals surface area contributed by atoms with Gasteiger partial charge in [0, 0.05) is 19.5 Å². The molecule has 1 unspecified atom stereocenters. The highest BCUT2D eigenvalue weighted by molar-refractivity contribution is 5.79. The number of amides is 1. The minimum absolute atomic E-state index is 0.256. The molecule has 1 saturated heterocycles. The molecule has 0 N–H and O–H groups in total. The molecule has 0 saturated carbocycles. The molecule has 86 valence electrons. The zero-order chi connectivity index (χ0) is 11.4. The Bertz CT molecular complexity index is 341. The van der Waals surface area contributed by atoms with Crippen LogP contribution in [0.2, 0.25) is 0 Å². The van der Waals surface area contributed by atoms with Crippen molar-refractivity contribution in [2.75, 3.05) is 13.1 Å². The highest BCUT2D eigenvalue weighted by Gasteiger charge is 2.20. The largest absolute Gasteiger partial charge is 0.342 e. The van der Waals surface area contributed by atoms with E-state index in [0.717, 1.165) is 37.9 Å². The number of piperidine rings is 1. The van der Waals surface area contributed by atoms with E-state index in [4.69, 9.17) is 0 Å². The molecule has 0 radical (unpaired) electrons. The summed E-state index contributed by atoms with van der Waals surface area (Å²) in [4.78, 5) is 13.7. The first-order valence-corrected chi connectivity index (χ1v) is 6.03. The van der Waals surface area contributed by atoms with Gasteiger partial charge in [-0.05, 0) is 25.2 Å². The van der Waals surface area contributed by atoms with E-state index in [1.807, 2.05) is 4.90 Å². The fraction of sp³-hybridized carbons (Fsp3) is 0.500. The molecule has 0 spiro atoms. The Morgan fingerprint density at radius 3 is 3.00 bits per heavy atom. The second kappa shape index (κ2) is 5.15. The van der Waals surface area contributed by atoms with Gasteiger partial charge in [-0.25, -0.2) is 0 Å². The average Bonchev–Trinajstić information content (AvgIpc) is 2.29. The maximum absolute atomic E-state index is 11.7. The fourth-order valence-electron chi connectivity index (χ4n) is 2.24.